The molecule has 0 radical (unpaired) electrons. The zero-order chi connectivity index (χ0) is 33.4. The number of benzene rings is 3. The van der Waals surface area contributed by atoms with E-state index in [9.17, 15) is 39.6 Å². The highest BCUT2D eigenvalue weighted by Crippen LogP contribution is 2.35. The highest BCUT2D eigenvalue weighted by Gasteiger charge is 2.34. The monoisotopic (exact) mass is 661 g/mol. The van der Waals surface area contributed by atoms with Crippen molar-refractivity contribution in [1.29, 1.82) is 0 Å². The number of fused-ring (bicyclic) bond motifs is 1. The molecule has 1 aromatic heterocycles. The fraction of sp³-hybridized carbons (Fsp3) is 0.303. The van der Waals surface area contributed by atoms with Crippen LogP contribution in [-0.2, 0) is 27.2 Å². The van der Waals surface area contributed by atoms with Crippen molar-refractivity contribution < 1.29 is 39.6 Å². The number of ketones is 1. The highest BCUT2D eigenvalue weighted by molar-refractivity contribution is 7.91. The van der Waals surface area contributed by atoms with Crippen LogP contribution in [-0.4, -0.2) is 47.5 Å². The van der Waals surface area contributed by atoms with Crippen LogP contribution in [0, 0.1) is 17.5 Å². The SMILES string of the molecule is CCS(=O)(=O)CCC/C(=C/C(=O)Cc1ccc(F)c(C(F)(F)F)c1)[C@H](C)c1nc2cc(F)c(F)cc2n1-c1ccc(C2=NC2)cc1. The third kappa shape index (κ3) is 7.41. The maximum absolute atomic E-state index is 14.5. The molecule has 1 aliphatic rings. The van der Waals surface area contributed by atoms with Crippen molar-refractivity contribution in [2.45, 2.75) is 45.2 Å². The molecule has 0 amide bonds. The number of allylic oxidation sites excluding steroid dienone is 2. The second-order valence-electron chi connectivity index (χ2n) is 11.1. The number of imidazole rings is 1. The number of rotatable bonds is 12. The molecule has 2 heterocycles. The van der Waals surface area contributed by atoms with Crippen molar-refractivity contribution in [3.63, 3.8) is 0 Å². The largest absolute Gasteiger partial charge is 0.419 e. The molecule has 0 unspecified atom stereocenters. The van der Waals surface area contributed by atoms with E-state index < -0.39 is 57.2 Å². The van der Waals surface area contributed by atoms with Gasteiger partial charge in [0, 0.05) is 35.9 Å². The summed E-state index contributed by atoms with van der Waals surface area (Å²) < 4.78 is 108. The number of carbonyl (C=O) groups excluding carboxylic acids is 1. The number of hydrogen-bond acceptors (Lipinski definition) is 5. The first-order valence-electron chi connectivity index (χ1n) is 14.5. The molecule has 6 nitrogen and oxygen atoms in total. The Morgan fingerprint density at radius 1 is 1.00 bits per heavy atom. The lowest BCUT2D eigenvalue weighted by Gasteiger charge is -2.19. The molecule has 0 saturated carbocycles. The predicted octanol–water partition coefficient (Wildman–Crippen LogP) is 7.32. The van der Waals surface area contributed by atoms with Gasteiger partial charge in [-0.05, 0) is 54.3 Å². The van der Waals surface area contributed by atoms with Crippen molar-refractivity contribution >= 4 is 32.4 Å². The van der Waals surface area contributed by atoms with E-state index >= 15 is 0 Å². The molecule has 0 N–H and O–H groups in total. The van der Waals surface area contributed by atoms with E-state index in [4.69, 9.17) is 0 Å². The molecule has 4 aromatic rings. The lowest BCUT2D eigenvalue weighted by atomic mass is 9.93. The number of alkyl halides is 3. The van der Waals surface area contributed by atoms with Gasteiger partial charge in [0.2, 0.25) is 0 Å². The van der Waals surface area contributed by atoms with Gasteiger partial charge >= 0.3 is 6.18 Å². The van der Waals surface area contributed by atoms with Crippen molar-refractivity contribution in [2.24, 2.45) is 4.99 Å². The number of aromatic nitrogens is 2. The smallest absolute Gasteiger partial charge is 0.296 e. The van der Waals surface area contributed by atoms with Crippen LogP contribution >= 0.6 is 0 Å². The maximum Gasteiger partial charge on any atom is 0.419 e. The molecule has 0 saturated heterocycles. The first kappa shape index (κ1) is 33.1. The average Bonchev–Trinajstić information content (AvgIpc) is 3.79. The van der Waals surface area contributed by atoms with Gasteiger partial charge in [-0.25, -0.2) is 26.6 Å². The lowest BCUT2D eigenvalue weighted by molar-refractivity contribution is -0.140. The summed E-state index contributed by atoms with van der Waals surface area (Å²) in [6, 6.07) is 11.5. The van der Waals surface area contributed by atoms with E-state index in [0.29, 0.717) is 35.8 Å². The Balaban J connectivity index is 1.56. The minimum absolute atomic E-state index is 0.0610. The Kier molecular flexibility index (Phi) is 9.26. The Labute approximate surface area is 261 Å². The first-order valence-corrected chi connectivity index (χ1v) is 16.3. The van der Waals surface area contributed by atoms with Gasteiger partial charge in [0.15, 0.2) is 17.4 Å². The molecule has 3 aromatic carbocycles. The minimum atomic E-state index is -4.95. The fourth-order valence-corrected chi connectivity index (χ4v) is 6.13. The molecule has 46 heavy (non-hydrogen) atoms. The average molecular weight is 662 g/mol. The summed E-state index contributed by atoms with van der Waals surface area (Å²) in [5.41, 5.74) is 1.64. The number of nitrogens with zero attached hydrogens (tertiary/aromatic N) is 3. The van der Waals surface area contributed by atoms with Gasteiger partial charge < -0.3 is 0 Å². The van der Waals surface area contributed by atoms with Gasteiger partial charge in [0.25, 0.3) is 0 Å². The summed E-state index contributed by atoms with van der Waals surface area (Å²) >= 11 is 0. The minimum Gasteiger partial charge on any atom is -0.296 e. The van der Waals surface area contributed by atoms with Crippen molar-refractivity contribution in [3.8, 4) is 5.69 Å². The van der Waals surface area contributed by atoms with Gasteiger partial charge in [0.1, 0.15) is 21.5 Å². The molecule has 5 rings (SSSR count). The summed E-state index contributed by atoms with van der Waals surface area (Å²) in [7, 11) is -3.36. The van der Waals surface area contributed by atoms with E-state index in [0.717, 1.165) is 29.5 Å². The second-order valence-corrected chi connectivity index (χ2v) is 13.6. The Bertz CT molecular complexity index is 1980. The molecule has 242 valence electrons. The molecular formula is C33H29F6N3O3S. The molecule has 0 fully saturated rings. The number of aliphatic imine (C=N–C) groups is 1. The number of halogens is 6. The van der Waals surface area contributed by atoms with E-state index in [1.54, 1.807) is 23.6 Å². The lowest BCUT2D eigenvalue weighted by Crippen LogP contribution is -2.13. The summed E-state index contributed by atoms with van der Waals surface area (Å²) in [5.74, 6) is -4.93. The van der Waals surface area contributed by atoms with E-state index in [-0.39, 0.29) is 40.9 Å². The number of carbonyl (C=O) groups is 1. The zero-order valence-electron chi connectivity index (χ0n) is 24.8. The molecule has 0 bridgehead atoms. The van der Waals surface area contributed by atoms with Gasteiger partial charge in [-0.3, -0.25) is 14.4 Å². The number of sulfone groups is 1. The summed E-state index contributed by atoms with van der Waals surface area (Å²) in [6.07, 6.45) is -3.96. The van der Waals surface area contributed by atoms with Crippen LogP contribution in [0.5, 0.6) is 0 Å². The molecule has 13 heteroatoms. The molecular weight excluding hydrogens is 632 g/mol. The first-order chi connectivity index (χ1) is 21.7. The molecule has 1 atom stereocenters. The van der Waals surface area contributed by atoms with Crippen molar-refractivity contribution in [1.82, 2.24) is 9.55 Å². The molecule has 0 aliphatic carbocycles. The van der Waals surface area contributed by atoms with Gasteiger partial charge in [0.05, 0.1) is 34.6 Å². The van der Waals surface area contributed by atoms with Crippen LogP contribution in [0.15, 0.2) is 71.2 Å². The zero-order valence-corrected chi connectivity index (χ0v) is 25.7. The summed E-state index contributed by atoms with van der Waals surface area (Å²) in [5, 5.41) is 0. The number of hydrogen-bond donors (Lipinski definition) is 0. The van der Waals surface area contributed by atoms with Crippen LogP contribution in [0.25, 0.3) is 16.7 Å². The van der Waals surface area contributed by atoms with Gasteiger partial charge in [-0.1, -0.05) is 37.6 Å². The summed E-state index contributed by atoms with van der Waals surface area (Å²) in [4.78, 5) is 22.0. The second kappa shape index (κ2) is 12.9. The van der Waals surface area contributed by atoms with Crippen molar-refractivity contribution in [3.05, 3.63) is 106 Å². The normalized spacial score (nSPS) is 14.4. The van der Waals surface area contributed by atoms with Crippen LogP contribution in [0.3, 0.4) is 0 Å². The van der Waals surface area contributed by atoms with Crippen LogP contribution in [0.1, 0.15) is 55.1 Å². The summed E-state index contributed by atoms with van der Waals surface area (Å²) in [6.45, 7) is 3.84. The Morgan fingerprint density at radius 3 is 2.30 bits per heavy atom. The van der Waals surface area contributed by atoms with Gasteiger partial charge in [-0.2, -0.15) is 13.2 Å². The maximum atomic E-state index is 14.5. The predicted molar refractivity (Wildman–Crippen MR) is 163 cm³/mol. The van der Waals surface area contributed by atoms with E-state index in [1.807, 2.05) is 12.1 Å². The Morgan fingerprint density at radius 2 is 1.67 bits per heavy atom. The fourth-order valence-electron chi connectivity index (χ4n) is 5.26. The van der Waals surface area contributed by atoms with Gasteiger partial charge in [-0.15, -0.1) is 0 Å². The van der Waals surface area contributed by atoms with Crippen LogP contribution in [0.4, 0.5) is 26.3 Å². The molecule has 1 aliphatic heterocycles. The van der Waals surface area contributed by atoms with E-state index in [2.05, 4.69) is 9.98 Å². The third-order valence-electron chi connectivity index (χ3n) is 7.86. The van der Waals surface area contributed by atoms with E-state index in [1.165, 1.54) is 13.0 Å². The standard InChI is InChI=1S/C33H29F6N3O3S/c1-3-46(44,45)12-4-5-22(15-24(43)13-20-6-11-26(34)25(14-20)33(37,38)39)19(2)32-41-29-16-27(35)28(36)17-31(29)42(32)23-9-7-21(8-10-23)30-18-40-30/h6-11,14-17,19H,3-5,12-13,18H2,1-2H3/b22-15-/t19-/m0/s1. The quantitative estimate of drug-likeness (QED) is 0.118. The molecule has 0 spiro atoms. The van der Waals surface area contributed by atoms with Crippen LogP contribution in [0.2, 0.25) is 0 Å². The highest BCUT2D eigenvalue weighted by atomic mass is 32.2. The van der Waals surface area contributed by atoms with Crippen molar-refractivity contribution in [2.75, 3.05) is 18.1 Å². The Hall–Kier alpha value is -4.26. The third-order valence-corrected chi connectivity index (χ3v) is 9.65. The topological polar surface area (TPSA) is 81.4 Å². The van der Waals surface area contributed by atoms with Crippen LogP contribution < -0.4 is 0 Å².